The molecule has 0 atom stereocenters. The van der Waals surface area contributed by atoms with Gasteiger partial charge in [-0.3, -0.25) is 9.59 Å². The monoisotopic (exact) mass is 358 g/mol. The molecule has 6 heteroatoms. The molecule has 0 unspecified atom stereocenters. The minimum Gasteiger partial charge on any atom is -0.383 e. The molecule has 0 aliphatic carbocycles. The van der Waals surface area contributed by atoms with Crippen molar-refractivity contribution >= 4 is 11.8 Å². The third kappa shape index (κ3) is 11.9. The number of nitrogens with one attached hydrogen (secondary N) is 2. The highest BCUT2D eigenvalue weighted by Crippen LogP contribution is 2.22. The summed E-state index contributed by atoms with van der Waals surface area (Å²) in [5.41, 5.74) is -0.972. The highest BCUT2D eigenvalue weighted by Gasteiger charge is 2.28. The second kappa shape index (κ2) is 11.5. The molecule has 0 saturated carbocycles. The molecule has 25 heavy (non-hydrogen) atoms. The minimum atomic E-state index is -0.510. The van der Waals surface area contributed by atoms with E-state index in [1.807, 2.05) is 27.7 Å². The standard InChI is InChI=1S/C19H38N2O4/c1-15(2)8-9-16(22)21-14-19(5,6)25-12-10-18(3,4)17(23)20-11-13-24-7/h15H,8-14H2,1-7H3,(H,20,23)(H,21,22). The van der Waals surface area contributed by atoms with Gasteiger partial charge in [0.15, 0.2) is 0 Å². The van der Waals surface area contributed by atoms with E-state index in [4.69, 9.17) is 9.47 Å². The molecule has 0 aromatic rings. The van der Waals surface area contributed by atoms with Crippen LogP contribution in [0.25, 0.3) is 0 Å². The highest BCUT2D eigenvalue weighted by atomic mass is 16.5. The lowest BCUT2D eigenvalue weighted by Crippen LogP contribution is -2.42. The van der Waals surface area contributed by atoms with E-state index in [2.05, 4.69) is 24.5 Å². The number of carbonyl (C=O) groups excluding carboxylic acids is 2. The molecule has 0 radical (unpaired) electrons. The lowest BCUT2D eigenvalue weighted by atomic mass is 9.88. The minimum absolute atomic E-state index is 0.00653. The van der Waals surface area contributed by atoms with E-state index in [1.54, 1.807) is 7.11 Å². The largest absolute Gasteiger partial charge is 0.383 e. The van der Waals surface area contributed by atoms with E-state index < -0.39 is 11.0 Å². The summed E-state index contributed by atoms with van der Waals surface area (Å²) in [6.45, 7) is 13.8. The zero-order valence-corrected chi connectivity index (χ0v) is 17.2. The van der Waals surface area contributed by atoms with Crippen molar-refractivity contribution in [2.24, 2.45) is 11.3 Å². The summed E-state index contributed by atoms with van der Waals surface area (Å²) in [6.07, 6.45) is 2.04. The Balaban J connectivity index is 4.14. The normalized spacial score (nSPS) is 12.3. The number of methoxy groups -OCH3 is 1. The summed E-state index contributed by atoms with van der Waals surface area (Å²) in [6, 6.07) is 0. The molecular weight excluding hydrogens is 320 g/mol. The fraction of sp³-hybridized carbons (Fsp3) is 0.895. The Morgan fingerprint density at radius 2 is 1.68 bits per heavy atom. The highest BCUT2D eigenvalue weighted by molar-refractivity contribution is 5.81. The van der Waals surface area contributed by atoms with Crippen LogP contribution in [-0.2, 0) is 19.1 Å². The van der Waals surface area contributed by atoms with Crippen LogP contribution in [-0.4, -0.2) is 50.8 Å². The van der Waals surface area contributed by atoms with Crippen LogP contribution >= 0.6 is 0 Å². The summed E-state index contributed by atoms with van der Waals surface area (Å²) < 4.78 is 10.8. The molecule has 0 bridgehead atoms. The van der Waals surface area contributed by atoms with Gasteiger partial charge >= 0.3 is 0 Å². The third-order valence-corrected chi connectivity index (χ3v) is 4.09. The van der Waals surface area contributed by atoms with Crippen LogP contribution in [0.3, 0.4) is 0 Å². The van der Waals surface area contributed by atoms with Crippen molar-refractivity contribution < 1.29 is 19.1 Å². The van der Waals surface area contributed by atoms with Gasteiger partial charge in [-0.2, -0.15) is 0 Å². The molecule has 6 nitrogen and oxygen atoms in total. The van der Waals surface area contributed by atoms with Crippen LogP contribution in [0, 0.1) is 11.3 Å². The lowest BCUT2D eigenvalue weighted by molar-refractivity contribution is -0.131. The molecular formula is C19H38N2O4. The molecule has 148 valence electrons. The van der Waals surface area contributed by atoms with E-state index in [-0.39, 0.29) is 11.8 Å². The van der Waals surface area contributed by atoms with Crippen LogP contribution < -0.4 is 10.6 Å². The van der Waals surface area contributed by atoms with Gasteiger partial charge in [-0.1, -0.05) is 27.7 Å². The Morgan fingerprint density at radius 1 is 1.04 bits per heavy atom. The Hall–Kier alpha value is -1.14. The number of carbonyl (C=O) groups is 2. The smallest absolute Gasteiger partial charge is 0.225 e. The SMILES string of the molecule is COCCNC(=O)C(C)(C)CCOC(C)(C)CNC(=O)CCC(C)C. The molecule has 0 spiro atoms. The number of hydrogen-bond acceptors (Lipinski definition) is 4. The molecule has 2 N–H and O–H groups in total. The van der Waals surface area contributed by atoms with Gasteiger partial charge in [0.1, 0.15) is 0 Å². The topological polar surface area (TPSA) is 76.7 Å². The van der Waals surface area contributed by atoms with Crippen molar-refractivity contribution in [3.63, 3.8) is 0 Å². The van der Waals surface area contributed by atoms with Crippen LogP contribution in [0.4, 0.5) is 0 Å². The third-order valence-electron chi connectivity index (χ3n) is 4.09. The average molecular weight is 359 g/mol. The first-order chi connectivity index (χ1) is 11.5. The molecule has 0 rings (SSSR count). The van der Waals surface area contributed by atoms with E-state index in [1.165, 1.54) is 0 Å². The molecule has 0 fully saturated rings. The molecule has 0 aromatic heterocycles. The summed E-state index contributed by atoms with van der Waals surface area (Å²) in [5.74, 6) is 0.573. The van der Waals surface area contributed by atoms with Crippen molar-refractivity contribution in [1.29, 1.82) is 0 Å². The Labute approximate surface area is 153 Å². The maximum atomic E-state index is 12.2. The fourth-order valence-electron chi connectivity index (χ4n) is 2.07. The van der Waals surface area contributed by atoms with Crippen molar-refractivity contribution in [3.05, 3.63) is 0 Å². The van der Waals surface area contributed by atoms with Gasteiger partial charge in [-0.05, 0) is 32.6 Å². The number of hydrogen-bond donors (Lipinski definition) is 2. The Bertz CT molecular complexity index is 406. The number of amides is 2. The summed E-state index contributed by atoms with van der Waals surface area (Å²) >= 11 is 0. The second-order valence-electron chi connectivity index (χ2n) is 8.20. The van der Waals surface area contributed by atoms with Crippen molar-refractivity contribution in [1.82, 2.24) is 10.6 Å². The van der Waals surface area contributed by atoms with E-state index >= 15 is 0 Å². The number of rotatable bonds is 13. The van der Waals surface area contributed by atoms with Gasteiger partial charge in [0, 0.05) is 38.6 Å². The van der Waals surface area contributed by atoms with Gasteiger partial charge < -0.3 is 20.1 Å². The maximum Gasteiger partial charge on any atom is 0.225 e. The van der Waals surface area contributed by atoms with Gasteiger partial charge in [0.25, 0.3) is 0 Å². The molecule has 0 aromatic carbocycles. The molecule has 0 saturated heterocycles. The van der Waals surface area contributed by atoms with Crippen molar-refractivity contribution in [3.8, 4) is 0 Å². The zero-order valence-electron chi connectivity index (χ0n) is 17.2. The van der Waals surface area contributed by atoms with Crippen molar-refractivity contribution in [2.45, 2.75) is 66.4 Å². The van der Waals surface area contributed by atoms with Gasteiger partial charge in [0.2, 0.25) is 11.8 Å². The van der Waals surface area contributed by atoms with Crippen LogP contribution in [0.15, 0.2) is 0 Å². The van der Waals surface area contributed by atoms with Gasteiger partial charge in [-0.25, -0.2) is 0 Å². The van der Waals surface area contributed by atoms with Crippen LogP contribution in [0.5, 0.6) is 0 Å². The van der Waals surface area contributed by atoms with Crippen LogP contribution in [0.1, 0.15) is 60.8 Å². The summed E-state index contributed by atoms with van der Waals surface area (Å²) in [7, 11) is 1.61. The molecule has 0 aliphatic heterocycles. The van der Waals surface area contributed by atoms with Gasteiger partial charge in [-0.15, -0.1) is 0 Å². The molecule has 0 aliphatic rings. The first-order valence-electron chi connectivity index (χ1n) is 9.18. The van der Waals surface area contributed by atoms with Gasteiger partial charge in [0.05, 0.1) is 12.2 Å². The predicted octanol–water partition coefficient (Wildman–Crippen LogP) is 2.51. The Morgan fingerprint density at radius 3 is 2.24 bits per heavy atom. The molecule has 0 heterocycles. The lowest BCUT2D eigenvalue weighted by Gasteiger charge is -2.29. The quantitative estimate of drug-likeness (QED) is 0.496. The Kier molecular flexibility index (Phi) is 10.9. The second-order valence-corrected chi connectivity index (χ2v) is 8.20. The van der Waals surface area contributed by atoms with E-state index in [0.29, 0.717) is 45.1 Å². The first-order valence-corrected chi connectivity index (χ1v) is 9.18. The van der Waals surface area contributed by atoms with E-state index in [0.717, 1.165) is 6.42 Å². The fourth-order valence-corrected chi connectivity index (χ4v) is 2.07. The maximum absolute atomic E-state index is 12.2. The van der Waals surface area contributed by atoms with Crippen molar-refractivity contribution in [2.75, 3.05) is 33.4 Å². The molecule has 2 amide bonds. The zero-order chi connectivity index (χ0) is 19.5. The first kappa shape index (κ1) is 23.9. The van der Waals surface area contributed by atoms with E-state index in [9.17, 15) is 9.59 Å². The average Bonchev–Trinajstić information content (AvgIpc) is 2.50. The summed E-state index contributed by atoms with van der Waals surface area (Å²) in [5, 5.41) is 5.78. The van der Waals surface area contributed by atoms with Crippen LogP contribution in [0.2, 0.25) is 0 Å². The predicted molar refractivity (Wildman–Crippen MR) is 100 cm³/mol. The number of ether oxygens (including phenoxy) is 2. The summed E-state index contributed by atoms with van der Waals surface area (Å²) in [4.78, 5) is 24.0.